The third-order valence-corrected chi connectivity index (χ3v) is 6.55. The molecule has 1 aliphatic heterocycles. The topological polar surface area (TPSA) is 40.5 Å². The molecule has 1 N–H and O–H groups in total. The second kappa shape index (κ2) is 6.76. The van der Waals surface area contributed by atoms with Crippen LogP contribution in [0.2, 0.25) is 0 Å². The summed E-state index contributed by atoms with van der Waals surface area (Å²) in [5.41, 5.74) is 5.12. The number of amides is 1. The van der Waals surface area contributed by atoms with Gasteiger partial charge in [-0.05, 0) is 73.9 Å². The molecule has 1 amide bonds. The van der Waals surface area contributed by atoms with E-state index in [9.17, 15) is 9.90 Å². The lowest BCUT2D eigenvalue weighted by molar-refractivity contribution is 0.0825. The monoisotopic (exact) mass is 365 g/mol. The molecule has 26 heavy (non-hydrogen) atoms. The van der Waals surface area contributed by atoms with Crippen molar-refractivity contribution in [2.45, 2.75) is 39.0 Å². The number of aromatic hydroxyl groups is 1. The Balaban J connectivity index is 1.60. The van der Waals surface area contributed by atoms with Crippen molar-refractivity contribution in [2.24, 2.45) is 0 Å². The summed E-state index contributed by atoms with van der Waals surface area (Å²) in [6, 6.07) is 7.10. The Morgan fingerprint density at radius 1 is 1.19 bits per heavy atom. The molecule has 0 unspecified atom stereocenters. The van der Waals surface area contributed by atoms with Crippen molar-refractivity contribution in [3.8, 4) is 5.75 Å². The lowest BCUT2D eigenvalue weighted by atomic mass is 9.94. The summed E-state index contributed by atoms with van der Waals surface area (Å²) in [5.74, 6) is 0.368. The van der Waals surface area contributed by atoms with Crippen molar-refractivity contribution < 1.29 is 9.90 Å². The third kappa shape index (κ3) is 2.99. The van der Waals surface area contributed by atoms with Crippen molar-refractivity contribution in [3.63, 3.8) is 0 Å². The highest BCUT2D eigenvalue weighted by Gasteiger charge is 2.31. The van der Waals surface area contributed by atoms with Crippen molar-refractivity contribution >= 4 is 23.3 Å². The Morgan fingerprint density at radius 3 is 2.69 bits per heavy atom. The van der Waals surface area contributed by atoms with Gasteiger partial charge in [-0.25, -0.2) is 0 Å². The van der Waals surface area contributed by atoms with E-state index in [1.807, 2.05) is 17.0 Å². The molecule has 0 spiro atoms. The molecule has 1 fully saturated rings. The first kappa shape index (κ1) is 17.1. The van der Waals surface area contributed by atoms with Gasteiger partial charge in [0.2, 0.25) is 0 Å². The Bertz CT molecular complexity index is 905. The van der Waals surface area contributed by atoms with E-state index in [4.69, 9.17) is 0 Å². The zero-order valence-corrected chi connectivity index (χ0v) is 15.9. The van der Waals surface area contributed by atoms with E-state index in [0.717, 1.165) is 46.5 Å². The second-order valence-electron chi connectivity index (χ2n) is 7.06. The highest BCUT2D eigenvalue weighted by molar-refractivity contribution is 7.12. The van der Waals surface area contributed by atoms with Crippen LogP contribution in [0, 0.1) is 6.92 Å². The largest absolute Gasteiger partial charge is 0.508 e. The number of benzene rings is 1. The van der Waals surface area contributed by atoms with Gasteiger partial charge in [-0.3, -0.25) is 4.79 Å². The number of phenols is 1. The summed E-state index contributed by atoms with van der Waals surface area (Å²) >= 11 is 1.79. The molecule has 4 heteroatoms. The van der Waals surface area contributed by atoms with E-state index < -0.39 is 0 Å². The van der Waals surface area contributed by atoms with Crippen LogP contribution in [-0.2, 0) is 12.8 Å². The summed E-state index contributed by atoms with van der Waals surface area (Å²) in [4.78, 5) is 17.7. The number of carbonyl (C=O) groups excluding carboxylic acids is 1. The molecule has 2 aliphatic rings. The number of aryl methyl sites for hydroxylation is 2. The number of phenolic OH excluding ortho intramolecular Hbond substituents is 1. The minimum atomic E-state index is 0.112. The van der Waals surface area contributed by atoms with E-state index in [2.05, 4.69) is 19.6 Å². The van der Waals surface area contributed by atoms with Crippen LogP contribution in [0.5, 0.6) is 5.75 Å². The quantitative estimate of drug-likeness (QED) is 0.806. The van der Waals surface area contributed by atoms with Crippen molar-refractivity contribution in [2.75, 3.05) is 6.54 Å². The van der Waals surface area contributed by atoms with Crippen LogP contribution < -0.4 is 0 Å². The second-order valence-corrected chi connectivity index (χ2v) is 8.37. The molecular weight excluding hydrogens is 342 g/mol. The highest BCUT2D eigenvalue weighted by atomic mass is 32.1. The van der Waals surface area contributed by atoms with E-state index in [0.29, 0.717) is 6.54 Å². The molecule has 1 aromatic carbocycles. The molecule has 1 aliphatic carbocycles. The molecule has 1 saturated heterocycles. The summed E-state index contributed by atoms with van der Waals surface area (Å²) in [7, 11) is 0. The highest BCUT2D eigenvalue weighted by Crippen LogP contribution is 2.37. The summed E-state index contributed by atoms with van der Waals surface area (Å²) in [5, 5.41) is 9.42. The number of thiophene rings is 1. The Morgan fingerprint density at radius 2 is 1.92 bits per heavy atom. The van der Waals surface area contributed by atoms with Crippen LogP contribution in [0.4, 0.5) is 0 Å². The number of rotatable bonds is 2. The average Bonchev–Trinajstić information content (AvgIpc) is 3.16. The van der Waals surface area contributed by atoms with Gasteiger partial charge < -0.3 is 10.0 Å². The molecular formula is C22H23NO2S. The summed E-state index contributed by atoms with van der Waals surface area (Å²) in [6.07, 6.45) is 7.42. The van der Waals surface area contributed by atoms with E-state index in [1.54, 1.807) is 23.5 Å². The molecule has 0 radical (unpaired) electrons. The van der Waals surface area contributed by atoms with Gasteiger partial charge in [-0.1, -0.05) is 18.7 Å². The Hall–Kier alpha value is -2.33. The SMILES string of the molecule is C=C1/C(=C/c2ccc(O)cc2)CCN1C(=O)c1c(C)sc2c1CCCC2. The van der Waals surface area contributed by atoms with E-state index in [-0.39, 0.29) is 11.7 Å². The molecule has 134 valence electrons. The predicted molar refractivity (Wildman–Crippen MR) is 107 cm³/mol. The first-order valence-corrected chi connectivity index (χ1v) is 9.98. The molecule has 0 atom stereocenters. The van der Waals surface area contributed by atoms with Gasteiger partial charge in [-0.2, -0.15) is 0 Å². The summed E-state index contributed by atoms with van der Waals surface area (Å²) < 4.78 is 0. The number of hydrogen-bond acceptors (Lipinski definition) is 3. The molecule has 0 saturated carbocycles. The van der Waals surface area contributed by atoms with E-state index in [1.165, 1.54) is 23.3 Å². The van der Waals surface area contributed by atoms with Crippen molar-refractivity contribution in [1.29, 1.82) is 0 Å². The van der Waals surface area contributed by atoms with Gasteiger partial charge in [0.1, 0.15) is 5.75 Å². The fourth-order valence-electron chi connectivity index (χ4n) is 3.95. The number of fused-ring (bicyclic) bond motifs is 1. The van der Waals surface area contributed by atoms with Crippen LogP contribution in [-0.4, -0.2) is 22.5 Å². The Labute approximate surface area is 158 Å². The minimum Gasteiger partial charge on any atom is -0.508 e. The number of nitrogens with zero attached hydrogens (tertiary/aromatic N) is 1. The van der Waals surface area contributed by atoms with Gasteiger partial charge in [0.05, 0.1) is 5.56 Å². The van der Waals surface area contributed by atoms with Crippen LogP contribution in [0.25, 0.3) is 6.08 Å². The van der Waals surface area contributed by atoms with Gasteiger partial charge >= 0.3 is 0 Å². The van der Waals surface area contributed by atoms with Crippen molar-refractivity contribution in [1.82, 2.24) is 4.90 Å². The lowest BCUT2D eigenvalue weighted by Gasteiger charge is -2.19. The fourth-order valence-corrected chi connectivity index (χ4v) is 5.21. The summed E-state index contributed by atoms with van der Waals surface area (Å²) in [6.45, 7) is 6.95. The molecule has 1 aromatic heterocycles. The zero-order valence-electron chi connectivity index (χ0n) is 15.0. The molecule has 4 rings (SSSR count). The fraction of sp³-hybridized carbons (Fsp3) is 0.318. The van der Waals surface area contributed by atoms with Crippen LogP contribution in [0.15, 0.2) is 42.1 Å². The smallest absolute Gasteiger partial charge is 0.259 e. The van der Waals surface area contributed by atoms with Gasteiger partial charge in [0, 0.05) is 22.0 Å². The normalized spacial score (nSPS) is 18.4. The first-order valence-electron chi connectivity index (χ1n) is 9.16. The third-order valence-electron chi connectivity index (χ3n) is 5.34. The molecule has 2 heterocycles. The average molecular weight is 365 g/mol. The number of likely N-dealkylation sites (tertiary alicyclic amines) is 1. The van der Waals surface area contributed by atoms with Gasteiger partial charge in [-0.15, -0.1) is 11.3 Å². The standard InChI is InChI=1S/C22H23NO2S/c1-14-17(13-16-7-9-18(24)10-8-16)11-12-23(14)22(25)21-15(2)26-20-6-4-3-5-19(20)21/h7-10,13,24H,1,3-6,11-12H2,2H3/b17-13+. The maximum absolute atomic E-state index is 13.3. The number of hydrogen-bond donors (Lipinski definition) is 1. The molecule has 2 aromatic rings. The van der Waals surface area contributed by atoms with E-state index >= 15 is 0 Å². The zero-order chi connectivity index (χ0) is 18.3. The Kier molecular flexibility index (Phi) is 4.45. The van der Waals surface area contributed by atoms with Crippen molar-refractivity contribution in [3.05, 3.63) is 68.6 Å². The molecule has 0 bridgehead atoms. The minimum absolute atomic E-state index is 0.112. The van der Waals surface area contributed by atoms with Crippen LogP contribution >= 0.6 is 11.3 Å². The van der Waals surface area contributed by atoms with Gasteiger partial charge in [0.15, 0.2) is 0 Å². The first-order chi connectivity index (χ1) is 12.5. The molecule has 3 nitrogen and oxygen atoms in total. The maximum Gasteiger partial charge on any atom is 0.259 e. The van der Waals surface area contributed by atoms with Crippen LogP contribution in [0.3, 0.4) is 0 Å². The van der Waals surface area contributed by atoms with Crippen LogP contribution in [0.1, 0.15) is 50.5 Å². The van der Waals surface area contributed by atoms with Gasteiger partial charge in [0.25, 0.3) is 5.91 Å². The number of allylic oxidation sites excluding steroid dienone is 1. The lowest BCUT2D eigenvalue weighted by Crippen LogP contribution is -2.27. The predicted octanol–water partition coefficient (Wildman–Crippen LogP) is 5.08. The number of carbonyl (C=O) groups is 1. The maximum atomic E-state index is 13.3.